The van der Waals surface area contributed by atoms with E-state index in [1.54, 1.807) is 4.90 Å². The summed E-state index contributed by atoms with van der Waals surface area (Å²) >= 11 is 6.89. The van der Waals surface area contributed by atoms with Crippen LogP contribution in [0.1, 0.15) is 6.17 Å². The van der Waals surface area contributed by atoms with Gasteiger partial charge in [-0.1, -0.05) is 72.3 Å². The largest absolute Gasteiger partial charge is 0.401 e. The fourth-order valence-corrected chi connectivity index (χ4v) is 4.81. The standard InChI is InChI=1S/C25H22ClF3N6O/c26-21-20-22(17-7-3-1-4-8-17)32-35(24(20)31-30-23(21)18-9-5-2-6-10-18)19(15-36)34-13-11-33(12-14-34)16-25(27,28)29/h1-10,15,19H,11-14,16H2. The van der Waals surface area contributed by atoms with Crippen LogP contribution in [-0.4, -0.2) is 75.0 Å². The molecule has 2 aromatic heterocycles. The molecule has 1 aliphatic rings. The first-order chi connectivity index (χ1) is 17.4. The van der Waals surface area contributed by atoms with Crippen molar-refractivity contribution >= 4 is 28.9 Å². The highest BCUT2D eigenvalue weighted by Gasteiger charge is 2.34. The average molecular weight is 515 g/mol. The van der Waals surface area contributed by atoms with E-state index >= 15 is 0 Å². The summed E-state index contributed by atoms with van der Waals surface area (Å²) in [6.07, 6.45) is -4.41. The highest BCUT2D eigenvalue weighted by Crippen LogP contribution is 2.38. The second-order valence-corrected chi connectivity index (χ2v) is 8.94. The lowest BCUT2D eigenvalue weighted by atomic mass is 10.1. The maximum atomic E-state index is 12.8. The highest BCUT2D eigenvalue weighted by atomic mass is 35.5. The average Bonchev–Trinajstić information content (AvgIpc) is 3.26. The summed E-state index contributed by atoms with van der Waals surface area (Å²) in [6, 6.07) is 18.8. The number of rotatable bonds is 6. The Bertz CT molecular complexity index is 1360. The maximum Gasteiger partial charge on any atom is 0.401 e. The van der Waals surface area contributed by atoms with Crippen LogP contribution < -0.4 is 0 Å². The van der Waals surface area contributed by atoms with Crippen LogP contribution in [0.3, 0.4) is 0 Å². The Hall–Kier alpha value is -3.34. The van der Waals surface area contributed by atoms with Gasteiger partial charge in [0.2, 0.25) is 0 Å². The van der Waals surface area contributed by atoms with E-state index in [0.717, 1.165) is 17.4 Å². The van der Waals surface area contributed by atoms with Crippen LogP contribution in [0.25, 0.3) is 33.5 Å². The Morgan fingerprint density at radius 2 is 1.47 bits per heavy atom. The van der Waals surface area contributed by atoms with E-state index < -0.39 is 18.9 Å². The summed E-state index contributed by atoms with van der Waals surface area (Å²) in [6.45, 7) is -0.0767. The summed E-state index contributed by atoms with van der Waals surface area (Å²) in [4.78, 5) is 15.4. The lowest BCUT2D eigenvalue weighted by Crippen LogP contribution is -2.51. The molecule has 186 valence electrons. The number of carbonyl (C=O) groups is 1. The molecule has 1 unspecified atom stereocenters. The Morgan fingerprint density at radius 1 is 0.889 bits per heavy atom. The Labute approximate surface area is 210 Å². The van der Waals surface area contributed by atoms with Crippen LogP contribution in [0.5, 0.6) is 0 Å². The third-order valence-corrected chi connectivity index (χ3v) is 6.58. The molecule has 0 bridgehead atoms. The normalized spacial score (nSPS) is 16.3. The minimum absolute atomic E-state index is 0.180. The van der Waals surface area contributed by atoms with Gasteiger partial charge in [0.15, 0.2) is 18.1 Å². The molecule has 0 radical (unpaired) electrons. The van der Waals surface area contributed by atoms with Crippen molar-refractivity contribution in [3.8, 4) is 22.5 Å². The van der Waals surface area contributed by atoms with Crippen molar-refractivity contribution in [3.63, 3.8) is 0 Å². The van der Waals surface area contributed by atoms with Crippen molar-refractivity contribution < 1.29 is 18.0 Å². The second kappa shape index (κ2) is 9.96. The summed E-state index contributed by atoms with van der Waals surface area (Å²) in [5.74, 6) is 0. The summed E-state index contributed by atoms with van der Waals surface area (Å²) in [5.41, 5.74) is 2.94. The first-order valence-electron chi connectivity index (χ1n) is 11.4. The molecule has 0 saturated carbocycles. The van der Waals surface area contributed by atoms with E-state index in [0.29, 0.717) is 27.4 Å². The van der Waals surface area contributed by atoms with Gasteiger partial charge >= 0.3 is 6.18 Å². The van der Waals surface area contributed by atoms with Crippen molar-refractivity contribution in [2.75, 3.05) is 32.7 Å². The zero-order chi connectivity index (χ0) is 25.3. The van der Waals surface area contributed by atoms with E-state index in [1.807, 2.05) is 60.7 Å². The molecule has 0 amide bonds. The first kappa shape index (κ1) is 24.4. The molecule has 5 rings (SSSR count). The summed E-state index contributed by atoms with van der Waals surface area (Å²) in [7, 11) is 0. The predicted octanol–water partition coefficient (Wildman–Crippen LogP) is 4.69. The fourth-order valence-electron chi connectivity index (χ4n) is 4.48. The van der Waals surface area contributed by atoms with Gasteiger partial charge in [-0.2, -0.15) is 18.3 Å². The molecular weight excluding hydrogens is 493 g/mol. The predicted molar refractivity (Wildman–Crippen MR) is 130 cm³/mol. The van der Waals surface area contributed by atoms with Crippen molar-refractivity contribution in [2.24, 2.45) is 0 Å². The molecule has 0 spiro atoms. The zero-order valence-corrected chi connectivity index (χ0v) is 19.8. The van der Waals surface area contributed by atoms with E-state index in [-0.39, 0.29) is 26.2 Å². The number of alkyl halides is 3. The maximum absolute atomic E-state index is 12.8. The fraction of sp³-hybridized carbons (Fsp3) is 0.280. The number of aromatic nitrogens is 4. The number of fused-ring (bicyclic) bond motifs is 1. The summed E-state index contributed by atoms with van der Waals surface area (Å²) in [5, 5.41) is 14.4. The van der Waals surface area contributed by atoms with Crippen molar-refractivity contribution in [1.29, 1.82) is 0 Å². The number of aldehydes is 1. The first-order valence-corrected chi connectivity index (χ1v) is 11.8. The van der Waals surface area contributed by atoms with Crippen LogP contribution in [0.15, 0.2) is 60.7 Å². The molecule has 1 aliphatic heterocycles. The Balaban J connectivity index is 1.57. The van der Waals surface area contributed by atoms with Crippen molar-refractivity contribution in [1.82, 2.24) is 29.8 Å². The van der Waals surface area contributed by atoms with E-state index in [4.69, 9.17) is 16.7 Å². The molecule has 3 heterocycles. The molecular formula is C25H22ClF3N6O. The number of hydrogen-bond acceptors (Lipinski definition) is 6. The molecule has 1 saturated heterocycles. The highest BCUT2D eigenvalue weighted by molar-refractivity contribution is 6.38. The molecule has 7 nitrogen and oxygen atoms in total. The van der Waals surface area contributed by atoms with Gasteiger partial charge in [-0.3, -0.25) is 14.6 Å². The molecule has 0 aliphatic carbocycles. The number of carbonyl (C=O) groups excluding carboxylic acids is 1. The van der Waals surface area contributed by atoms with E-state index in [1.165, 1.54) is 9.58 Å². The quantitative estimate of drug-likeness (QED) is 0.348. The lowest BCUT2D eigenvalue weighted by molar-refractivity contribution is -0.151. The van der Waals surface area contributed by atoms with Crippen molar-refractivity contribution in [3.05, 3.63) is 65.7 Å². The third kappa shape index (κ3) is 4.84. The van der Waals surface area contributed by atoms with Crippen LogP contribution in [0.4, 0.5) is 13.2 Å². The van der Waals surface area contributed by atoms with Crippen molar-refractivity contribution in [2.45, 2.75) is 12.3 Å². The second-order valence-electron chi connectivity index (χ2n) is 8.56. The SMILES string of the molecule is O=CC(N1CCN(CC(F)(F)F)CC1)n1nc(-c2ccccc2)c2c(Cl)c(-c3ccccc3)nnc21. The minimum atomic E-state index is -4.27. The number of piperazine rings is 1. The van der Waals surface area contributed by atoms with Gasteiger partial charge in [0, 0.05) is 37.3 Å². The molecule has 2 aromatic carbocycles. The molecule has 11 heteroatoms. The van der Waals surface area contributed by atoms with Gasteiger partial charge in [-0.25, -0.2) is 4.68 Å². The molecule has 1 fully saturated rings. The summed E-state index contributed by atoms with van der Waals surface area (Å²) < 4.78 is 39.9. The molecule has 1 atom stereocenters. The number of halogens is 4. The monoisotopic (exact) mass is 514 g/mol. The Kier molecular flexibility index (Phi) is 6.74. The number of nitrogens with zero attached hydrogens (tertiary/aromatic N) is 6. The van der Waals surface area contributed by atoms with Crippen LogP contribution >= 0.6 is 11.6 Å². The minimum Gasteiger partial charge on any atom is -0.299 e. The Morgan fingerprint density at radius 3 is 2.03 bits per heavy atom. The van der Waals surface area contributed by atoms with Gasteiger partial charge in [-0.05, 0) is 0 Å². The van der Waals surface area contributed by atoms with Gasteiger partial charge in [-0.15, -0.1) is 10.2 Å². The van der Waals surface area contributed by atoms with Gasteiger partial charge in [0.25, 0.3) is 0 Å². The van der Waals surface area contributed by atoms with Gasteiger partial charge in [0.05, 0.1) is 17.0 Å². The molecule has 36 heavy (non-hydrogen) atoms. The number of benzene rings is 2. The van der Waals surface area contributed by atoms with Gasteiger partial charge in [0.1, 0.15) is 11.4 Å². The third-order valence-electron chi connectivity index (χ3n) is 6.21. The van der Waals surface area contributed by atoms with Gasteiger partial charge < -0.3 is 0 Å². The topological polar surface area (TPSA) is 67.2 Å². The van der Waals surface area contributed by atoms with E-state index in [9.17, 15) is 18.0 Å². The molecule has 4 aromatic rings. The van der Waals surface area contributed by atoms with Crippen LogP contribution in [0.2, 0.25) is 5.02 Å². The smallest absolute Gasteiger partial charge is 0.299 e. The number of hydrogen-bond donors (Lipinski definition) is 0. The lowest BCUT2D eigenvalue weighted by Gasteiger charge is -2.37. The van der Waals surface area contributed by atoms with Crippen LogP contribution in [-0.2, 0) is 4.79 Å². The molecule has 0 N–H and O–H groups in total. The van der Waals surface area contributed by atoms with E-state index in [2.05, 4.69) is 10.2 Å². The zero-order valence-electron chi connectivity index (χ0n) is 19.1. The van der Waals surface area contributed by atoms with Crippen LogP contribution in [0, 0.1) is 0 Å².